The molecular formula is C20H24N2O2Si. The van der Waals surface area contributed by atoms with Gasteiger partial charge in [-0.3, -0.25) is 0 Å². The molecular weight excluding hydrogens is 328 g/mol. The Morgan fingerprint density at radius 2 is 1.44 bits per heavy atom. The summed E-state index contributed by atoms with van der Waals surface area (Å²) in [6.45, 7) is 6.81. The third-order valence-corrected chi connectivity index (χ3v) is 7.51. The van der Waals surface area contributed by atoms with Gasteiger partial charge >= 0.3 is 5.97 Å². The minimum absolute atomic E-state index is 0.0164. The number of carbonyl (C=O) groups is 1. The molecule has 130 valence electrons. The molecule has 1 aliphatic rings. The number of rotatable bonds is 4. The van der Waals surface area contributed by atoms with Crippen molar-refractivity contribution in [3.05, 3.63) is 71.8 Å². The first-order valence-electron chi connectivity index (χ1n) is 8.52. The topological polar surface area (TPSA) is 51.0 Å². The molecule has 0 spiro atoms. The van der Waals surface area contributed by atoms with Gasteiger partial charge in [0.25, 0.3) is 0 Å². The van der Waals surface area contributed by atoms with Crippen LogP contribution in [0.25, 0.3) is 0 Å². The summed E-state index contributed by atoms with van der Waals surface area (Å²) in [7, 11) is -0.435. The summed E-state index contributed by atoms with van der Waals surface area (Å²) in [4.78, 5) is 12.5. The number of methoxy groups -OCH3 is 1. The van der Waals surface area contributed by atoms with Crippen molar-refractivity contribution in [1.29, 1.82) is 0 Å². The summed E-state index contributed by atoms with van der Waals surface area (Å²) in [5.74, 6) is -0.301. The van der Waals surface area contributed by atoms with Crippen LogP contribution in [0.2, 0.25) is 25.2 Å². The zero-order valence-electron chi connectivity index (χ0n) is 15.1. The van der Waals surface area contributed by atoms with E-state index in [4.69, 9.17) is 9.85 Å². The lowest BCUT2D eigenvalue weighted by molar-refractivity contribution is -0.142. The van der Waals surface area contributed by atoms with E-state index in [0.29, 0.717) is 0 Å². The Hall–Kier alpha value is -2.27. The van der Waals surface area contributed by atoms with Gasteiger partial charge < -0.3 is 4.74 Å². The fourth-order valence-electron chi connectivity index (χ4n) is 3.94. The Morgan fingerprint density at radius 3 is 1.84 bits per heavy atom. The smallest absolute Gasteiger partial charge is 0.332 e. The third kappa shape index (κ3) is 2.93. The van der Waals surface area contributed by atoms with Gasteiger partial charge in [-0.2, -0.15) is 10.2 Å². The third-order valence-electron chi connectivity index (χ3n) is 4.91. The Labute approximate surface area is 150 Å². The normalized spacial score (nSPS) is 21.9. The maximum absolute atomic E-state index is 12.5. The van der Waals surface area contributed by atoms with Crippen molar-refractivity contribution in [1.82, 2.24) is 0 Å². The molecule has 5 heteroatoms. The van der Waals surface area contributed by atoms with Crippen molar-refractivity contribution in [2.75, 3.05) is 7.11 Å². The van der Waals surface area contributed by atoms with E-state index in [1.54, 1.807) is 0 Å². The minimum Gasteiger partial charge on any atom is -0.467 e. The highest BCUT2D eigenvalue weighted by Gasteiger charge is 2.58. The van der Waals surface area contributed by atoms with Crippen LogP contribution < -0.4 is 0 Å². The van der Waals surface area contributed by atoms with Crippen molar-refractivity contribution in [2.45, 2.75) is 36.8 Å². The first-order valence-corrected chi connectivity index (χ1v) is 12.1. The Morgan fingerprint density at radius 1 is 0.960 bits per heavy atom. The molecule has 2 atom stereocenters. The lowest BCUT2D eigenvalue weighted by atomic mass is 9.79. The number of nitrogens with zero attached hydrogens (tertiary/aromatic N) is 2. The van der Waals surface area contributed by atoms with Crippen LogP contribution in [0.5, 0.6) is 0 Å². The number of ether oxygens (including phenoxy) is 1. The maximum atomic E-state index is 12.5. The maximum Gasteiger partial charge on any atom is 0.332 e. The predicted octanol–water partition coefficient (Wildman–Crippen LogP) is 4.65. The number of hydrogen-bond acceptors (Lipinski definition) is 4. The van der Waals surface area contributed by atoms with Gasteiger partial charge in [0.1, 0.15) is 5.54 Å². The van der Waals surface area contributed by atoms with Crippen LogP contribution in [-0.4, -0.2) is 27.2 Å². The second-order valence-electron chi connectivity index (χ2n) is 7.53. The summed E-state index contributed by atoms with van der Waals surface area (Å²) in [5.41, 5.74) is 1.48. The molecule has 0 aliphatic carbocycles. The highest BCUT2D eigenvalue weighted by molar-refractivity contribution is 6.78. The average molecular weight is 353 g/mol. The van der Waals surface area contributed by atoms with Crippen LogP contribution in [0.1, 0.15) is 11.1 Å². The minimum atomic E-state index is -1.86. The summed E-state index contributed by atoms with van der Waals surface area (Å²) < 4.78 is 5.05. The van der Waals surface area contributed by atoms with E-state index in [-0.39, 0.29) is 11.5 Å². The van der Waals surface area contributed by atoms with Gasteiger partial charge in [0.05, 0.1) is 15.2 Å². The van der Waals surface area contributed by atoms with Crippen LogP contribution in [0.3, 0.4) is 0 Å². The molecule has 0 saturated heterocycles. The van der Waals surface area contributed by atoms with Gasteiger partial charge in [-0.1, -0.05) is 80.3 Å². The molecule has 2 aromatic rings. The first-order chi connectivity index (χ1) is 11.9. The van der Waals surface area contributed by atoms with Crippen LogP contribution in [0, 0.1) is 0 Å². The molecule has 0 fully saturated rings. The van der Waals surface area contributed by atoms with Gasteiger partial charge in [-0.05, 0) is 11.1 Å². The lowest BCUT2D eigenvalue weighted by Crippen LogP contribution is -2.48. The second kappa shape index (κ2) is 6.56. The summed E-state index contributed by atoms with van der Waals surface area (Å²) in [5, 5.41) is 9.21. The van der Waals surface area contributed by atoms with Crippen LogP contribution in [-0.2, 0) is 15.1 Å². The summed E-state index contributed by atoms with van der Waals surface area (Å²) in [6, 6.07) is 19.8. The van der Waals surface area contributed by atoms with Gasteiger partial charge in [-0.15, -0.1) is 0 Å². The van der Waals surface area contributed by atoms with Crippen molar-refractivity contribution < 1.29 is 9.53 Å². The molecule has 0 saturated carbocycles. The molecule has 3 rings (SSSR count). The molecule has 0 unspecified atom stereocenters. The Bertz CT molecular complexity index is 730. The molecule has 1 aliphatic heterocycles. The van der Waals surface area contributed by atoms with Crippen LogP contribution >= 0.6 is 0 Å². The number of hydrogen-bond donors (Lipinski definition) is 0. The second-order valence-corrected chi connectivity index (χ2v) is 12.9. The molecule has 4 nitrogen and oxygen atoms in total. The van der Waals surface area contributed by atoms with Gasteiger partial charge in [0, 0.05) is 5.54 Å². The number of carbonyl (C=O) groups excluding carboxylic acids is 1. The monoisotopic (exact) mass is 352 g/mol. The van der Waals surface area contributed by atoms with Crippen molar-refractivity contribution >= 4 is 14.0 Å². The SMILES string of the molecule is COC(=O)[C@@H]1N=NC(c2ccccc2)(c2ccccc2)[C@@H]1[Si](C)(C)C. The van der Waals surface area contributed by atoms with E-state index >= 15 is 0 Å². The molecule has 2 aromatic carbocycles. The quantitative estimate of drug-likeness (QED) is 0.594. The standard InChI is InChI=1S/C20H24N2O2Si/c1-24-19(23)17-18(25(2,3)4)20(22-21-17,15-11-7-5-8-12-15)16-13-9-6-10-14-16/h5-14,17-18H,1-4H3/t17-,18-/m1/s1. The van der Waals surface area contributed by atoms with Crippen LogP contribution in [0.4, 0.5) is 0 Å². The Balaban J connectivity index is 2.27. The largest absolute Gasteiger partial charge is 0.467 e. The molecule has 0 amide bonds. The van der Waals surface area contributed by atoms with E-state index in [0.717, 1.165) is 11.1 Å². The number of azo groups is 1. The molecule has 0 N–H and O–H groups in total. The van der Waals surface area contributed by atoms with Gasteiger partial charge in [0.2, 0.25) is 0 Å². The van der Waals surface area contributed by atoms with E-state index in [1.165, 1.54) is 7.11 Å². The zero-order chi connectivity index (χ0) is 18.1. The molecule has 25 heavy (non-hydrogen) atoms. The highest BCUT2D eigenvalue weighted by Crippen LogP contribution is 2.55. The van der Waals surface area contributed by atoms with Crippen molar-refractivity contribution in [2.24, 2.45) is 10.2 Å². The van der Waals surface area contributed by atoms with Crippen molar-refractivity contribution in [3.63, 3.8) is 0 Å². The molecule has 1 heterocycles. The van der Waals surface area contributed by atoms with E-state index < -0.39 is 19.7 Å². The lowest BCUT2D eigenvalue weighted by Gasteiger charge is -2.41. The zero-order valence-corrected chi connectivity index (χ0v) is 16.1. The van der Waals surface area contributed by atoms with Crippen molar-refractivity contribution in [3.8, 4) is 0 Å². The van der Waals surface area contributed by atoms with E-state index in [9.17, 15) is 4.79 Å². The first kappa shape index (κ1) is 17.5. The molecule has 0 aromatic heterocycles. The number of benzene rings is 2. The fraction of sp³-hybridized carbons (Fsp3) is 0.350. The molecule has 0 bridgehead atoms. The predicted molar refractivity (Wildman–Crippen MR) is 101 cm³/mol. The van der Waals surface area contributed by atoms with E-state index in [1.807, 2.05) is 36.4 Å². The van der Waals surface area contributed by atoms with Gasteiger partial charge in [-0.25, -0.2) is 4.79 Å². The fourth-order valence-corrected chi connectivity index (χ4v) is 6.73. The van der Waals surface area contributed by atoms with Crippen LogP contribution in [0.15, 0.2) is 70.9 Å². The summed E-state index contributed by atoms with van der Waals surface area (Å²) >= 11 is 0. The van der Waals surface area contributed by atoms with E-state index in [2.05, 4.69) is 49.0 Å². The molecule has 0 radical (unpaired) electrons. The summed E-state index contributed by atoms with van der Waals surface area (Å²) in [6.07, 6.45) is 0. The Kier molecular flexibility index (Phi) is 4.60. The highest BCUT2D eigenvalue weighted by atomic mass is 28.3. The number of esters is 1. The van der Waals surface area contributed by atoms with Gasteiger partial charge in [0.15, 0.2) is 6.04 Å². The average Bonchev–Trinajstić information content (AvgIpc) is 3.04.